The first-order valence-corrected chi connectivity index (χ1v) is 9.58. The van der Waals surface area contributed by atoms with E-state index in [0.717, 1.165) is 31.1 Å². The minimum Gasteiger partial charge on any atom is -0.375 e. The highest BCUT2D eigenvalue weighted by molar-refractivity contribution is 5.78. The number of pyridine rings is 1. The Morgan fingerprint density at radius 1 is 1.32 bits per heavy atom. The Morgan fingerprint density at radius 3 is 2.80 bits per heavy atom. The summed E-state index contributed by atoms with van der Waals surface area (Å²) in [7, 11) is 0. The summed E-state index contributed by atoms with van der Waals surface area (Å²) in [6, 6.07) is 4.64. The second-order valence-electron chi connectivity index (χ2n) is 7.19. The molecule has 1 aliphatic heterocycles. The minimum atomic E-state index is 0.259. The standard InChI is InChI=1S/C19H31N5O/c1-15-14-24(10-11-25-15)18-9-8-16(12-21-18)13-22-19(20)23-17-6-4-2-3-5-7-17/h8-9,12,15,17H,2-7,10-11,13-14H2,1H3,(H3,20,22,23). The number of nitrogens with one attached hydrogen (secondary N) is 1. The van der Waals surface area contributed by atoms with Crippen molar-refractivity contribution in [3.63, 3.8) is 0 Å². The lowest BCUT2D eigenvalue weighted by molar-refractivity contribution is 0.0529. The van der Waals surface area contributed by atoms with Crippen LogP contribution >= 0.6 is 0 Å². The summed E-state index contributed by atoms with van der Waals surface area (Å²) in [5, 5.41) is 3.38. The van der Waals surface area contributed by atoms with Crippen molar-refractivity contribution < 1.29 is 4.74 Å². The Morgan fingerprint density at radius 2 is 2.12 bits per heavy atom. The van der Waals surface area contributed by atoms with Crippen LogP contribution in [0.15, 0.2) is 23.3 Å². The lowest BCUT2D eigenvalue weighted by Gasteiger charge is -2.32. The molecule has 0 aromatic carbocycles. The van der Waals surface area contributed by atoms with Crippen molar-refractivity contribution in [2.45, 2.75) is 64.1 Å². The summed E-state index contributed by atoms with van der Waals surface area (Å²) in [6.45, 7) is 5.21. The zero-order valence-electron chi connectivity index (χ0n) is 15.3. The van der Waals surface area contributed by atoms with Gasteiger partial charge < -0.3 is 20.7 Å². The SMILES string of the molecule is CC1CN(c2ccc(CN=C(N)NC3CCCCCC3)cn2)CCO1. The van der Waals surface area contributed by atoms with Crippen LogP contribution in [0.1, 0.15) is 51.0 Å². The molecule has 138 valence electrons. The van der Waals surface area contributed by atoms with Crippen molar-refractivity contribution in [3.05, 3.63) is 23.9 Å². The van der Waals surface area contributed by atoms with E-state index in [-0.39, 0.29) is 6.10 Å². The van der Waals surface area contributed by atoms with E-state index in [0.29, 0.717) is 18.5 Å². The molecular weight excluding hydrogens is 314 g/mol. The molecule has 0 bridgehead atoms. The Bertz CT molecular complexity index is 551. The number of aliphatic imine (C=N–C) groups is 1. The van der Waals surface area contributed by atoms with Crippen molar-refractivity contribution in [2.24, 2.45) is 10.7 Å². The molecule has 0 amide bonds. The number of rotatable bonds is 4. The van der Waals surface area contributed by atoms with Gasteiger partial charge in [0.05, 0.1) is 19.3 Å². The third-order valence-corrected chi connectivity index (χ3v) is 5.01. The van der Waals surface area contributed by atoms with Gasteiger partial charge in [0, 0.05) is 25.3 Å². The van der Waals surface area contributed by atoms with Gasteiger partial charge in [0.25, 0.3) is 0 Å². The zero-order chi connectivity index (χ0) is 17.5. The Kier molecular flexibility index (Phi) is 6.50. The van der Waals surface area contributed by atoms with E-state index in [9.17, 15) is 0 Å². The zero-order valence-corrected chi connectivity index (χ0v) is 15.3. The third kappa shape index (κ3) is 5.59. The predicted octanol–water partition coefficient (Wildman–Crippen LogP) is 2.43. The van der Waals surface area contributed by atoms with Crippen molar-refractivity contribution in [2.75, 3.05) is 24.6 Å². The molecule has 2 aliphatic rings. The summed E-state index contributed by atoms with van der Waals surface area (Å²) < 4.78 is 5.58. The maximum absolute atomic E-state index is 6.06. The first-order valence-electron chi connectivity index (χ1n) is 9.58. The van der Waals surface area contributed by atoms with Gasteiger partial charge in [-0.25, -0.2) is 9.98 Å². The topological polar surface area (TPSA) is 75.8 Å². The molecule has 2 heterocycles. The molecule has 0 spiro atoms. The quantitative estimate of drug-likeness (QED) is 0.498. The molecule has 0 radical (unpaired) electrons. The van der Waals surface area contributed by atoms with Crippen LogP contribution in [-0.4, -0.2) is 42.8 Å². The fraction of sp³-hybridized carbons (Fsp3) is 0.684. The molecule has 1 saturated carbocycles. The van der Waals surface area contributed by atoms with Crippen molar-refractivity contribution >= 4 is 11.8 Å². The summed E-state index contributed by atoms with van der Waals surface area (Å²) in [4.78, 5) is 11.3. The molecule has 2 fully saturated rings. The van der Waals surface area contributed by atoms with E-state index in [1.54, 1.807) is 0 Å². The average Bonchev–Trinajstić information content (AvgIpc) is 2.89. The first kappa shape index (κ1) is 18.0. The molecule has 25 heavy (non-hydrogen) atoms. The fourth-order valence-corrected chi connectivity index (χ4v) is 3.58. The molecule has 1 unspecified atom stereocenters. The number of guanidine groups is 1. The van der Waals surface area contributed by atoms with Gasteiger partial charge in [-0.2, -0.15) is 0 Å². The molecule has 6 nitrogen and oxygen atoms in total. The van der Waals surface area contributed by atoms with Crippen LogP contribution in [-0.2, 0) is 11.3 Å². The van der Waals surface area contributed by atoms with Gasteiger partial charge in [0.2, 0.25) is 0 Å². The Hall–Kier alpha value is -1.82. The minimum absolute atomic E-state index is 0.259. The molecule has 1 aromatic heterocycles. The highest BCUT2D eigenvalue weighted by Crippen LogP contribution is 2.17. The maximum Gasteiger partial charge on any atom is 0.189 e. The molecule has 3 N–H and O–H groups in total. The van der Waals surface area contributed by atoms with E-state index < -0.39 is 0 Å². The molecule has 1 aliphatic carbocycles. The molecule has 1 aromatic rings. The number of morpholine rings is 1. The van der Waals surface area contributed by atoms with Gasteiger partial charge >= 0.3 is 0 Å². The number of hydrogen-bond acceptors (Lipinski definition) is 4. The number of hydrogen-bond donors (Lipinski definition) is 2. The van der Waals surface area contributed by atoms with Crippen LogP contribution < -0.4 is 16.0 Å². The average molecular weight is 345 g/mol. The maximum atomic E-state index is 6.06. The summed E-state index contributed by atoms with van der Waals surface area (Å²) >= 11 is 0. The molecule has 3 rings (SSSR count). The van der Waals surface area contributed by atoms with Crippen LogP contribution in [0.3, 0.4) is 0 Å². The van der Waals surface area contributed by atoms with Crippen molar-refractivity contribution in [1.29, 1.82) is 0 Å². The van der Waals surface area contributed by atoms with Gasteiger partial charge in [0.1, 0.15) is 5.82 Å². The van der Waals surface area contributed by atoms with Gasteiger partial charge in [-0.05, 0) is 31.4 Å². The smallest absolute Gasteiger partial charge is 0.189 e. The highest BCUT2D eigenvalue weighted by atomic mass is 16.5. The first-order chi connectivity index (χ1) is 12.2. The summed E-state index contributed by atoms with van der Waals surface area (Å²) in [6.07, 6.45) is 9.82. The van der Waals surface area contributed by atoms with Crippen molar-refractivity contribution in [3.8, 4) is 0 Å². The summed E-state index contributed by atoms with van der Waals surface area (Å²) in [5.41, 5.74) is 7.14. The van der Waals surface area contributed by atoms with Gasteiger partial charge in [-0.1, -0.05) is 31.7 Å². The van der Waals surface area contributed by atoms with Crippen LogP contribution in [0, 0.1) is 0 Å². The Balaban J connectivity index is 1.50. The van der Waals surface area contributed by atoms with Gasteiger partial charge in [0.15, 0.2) is 5.96 Å². The second-order valence-corrected chi connectivity index (χ2v) is 7.19. The monoisotopic (exact) mass is 345 g/mol. The van der Waals surface area contributed by atoms with Crippen LogP contribution in [0.5, 0.6) is 0 Å². The number of ether oxygens (including phenoxy) is 1. The van der Waals surface area contributed by atoms with Crippen LogP contribution in [0.2, 0.25) is 0 Å². The number of aromatic nitrogens is 1. The van der Waals surface area contributed by atoms with E-state index >= 15 is 0 Å². The van der Waals surface area contributed by atoms with Gasteiger partial charge in [-0.3, -0.25) is 0 Å². The molecule has 6 heteroatoms. The van der Waals surface area contributed by atoms with Gasteiger partial charge in [-0.15, -0.1) is 0 Å². The molecule has 1 atom stereocenters. The normalized spacial score (nSPS) is 23.3. The van der Waals surface area contributed by atoms with E-state index in [2.05, 4.69) is 39.2 Å². The highest BCUT2D eigenvalue weighted by Gasteiger charge is 2.17. The summed E-state index contributed by atoms with van der Waals surface area (Å²) in [5.74, 6) is 1.56. The second kappa shape index (κ2) is 9.04. The van der Waals surface area contributed by atoms with Crippen LogP contribution in [0.4, 0.5) is 5.82 Å². The third-order valence-electron chi connectivity index (χ3n) is 5.01. The number of anilines is 1. The van der Waals surface area contributed by atoms with E-state index in [1.807, 2.05) is 6.20 Å². The van der Waals surface area contributed by atoms with Crippen LogP contribution in [0.25, 0.3) is 0 Å². The number of nitrogens with zero attached hydrogens (tertiary/aromatic N) is 3. The lowest BCUT2D eigenvalue weighted by Crippen LogP contribution is -2.41. The Labute approximate surface area is 150 Å². The predicted molar refractivity (Wildman–Crippen MR) is 102 cm³/mol. The molecule has 1 saturated heterocycles. The lowest BCUT2D eigenvalue weighted by atomic mass is 10.1. The molecular formula is C19H31N5O. The fourth-order valence-electron chi connectivity index (χ4n) is 3.58. The van der Waals surface area contributed by atoms with E-state index in [1.165, 1.54) is 38.5 Å². The largest absolute Gasteiger partial charge is 0.375 e. The van der Waals surface area contributed by atoms with Crippen molar-refractivity contribution in [1.82, 2.24) is 10.3 Å². The number of nitrogens with two attached hydrogens (primary N) is 1. The van der Waals surface area contributed by atoms with E-state index in [4.69, 9.17) is 10.5 Å².